The van der Waals surface area contributed by atoms with E-state index in [1.54, 1.807) is 0 Å². The average Bonchev–Trinajstić information content (AvgIpc) is 2.80. The minimum absolute atomic E-state index is 0.259. The van der Waals surface area contributed by atoms with Gasteiger partial charge in [-0.05, 0) is 37.8 Å². The summed E-state index contributed by atoms with van der Waals surface area (Å²) in [5.41, 5.74) is 3.01. The summed E-state index contributed by atoms with van der Waals surface area (Å²) in [6.45, 7) is 5.13. The Hall–Kier alpha value is -1.06. The lowest BCUT2D eigenvalue weighted by Gasteiger charge is -2.35. The van der Waals surface area contributed by atoms with Gasteiger partial charge in [0.1, 0.15) is 0 Å². The first-order valence-corrected chi connectivity index (χ1v) is 6.92. The number of hydrogen-bond donors (Lipinski definition) is 2. The zero-order valence-corrected chi connectivity index (χ0v) is 11.0. The van der Waals surface area contributed by atoms with Gasteiger partial charge in [0.2, 0.25) is 0 Å². The van der Waals surface area contributed by atoms with Crippen LogP contribution in [0, 0.1) is 0 Å². The van der Waals surface area contributed by atoms with Crippen LogP contribution >= 0.6 is 0 Å². The molecule has 3 rings (SSSR count). The molecule has 98 valence electrons. The molecule has 0 bridgehead atoms. The number of ether oxygens (including phenoxy) is 1. The van der Waals surface area contributed by atoms with Crippen molar-refractivity contribution < 1.29 is 4.74 Å². The van der Waals surface area contributed by atoms with E-state index in [0.29, 0.717) is 6.04 Å². The van der Waals surface area contributed by atoms with Crippen molar-refractivity contribution in [2.45, 2.75) is 37.8 Å². The van der Waals surface area contributed by atoms with E-state index in [4.69, 9.17) is 4.74 Å². The molecule has 1 aromatic rings. The van der Waals surface area contributed by atoms with Gasteiger partial charge in [-0.15, -0.1) is 0 Å². The molecule has 0 saturated carbocycles. The summed E-state index contributed by atoms with van der Waals surface area (Å²) in [5, 5.41) is 7.33. The van der Waals surface area contributed by atoms with Crippen molar-refractivity contribution in [1.29, 1.82) is 0 Å². The molecule has 2 heterocycles. The molecule has 2 aliphatic heterocycles. The molecule has 0 amide bonds. The number of para-hydroxylation sites is 1. The Morgan fingerprint density at radius 1 is 1.33 bits per heavy atom. The highest BCUT2D eigenvalue weighted by Crippen LogP contribution is 2.26. The SMILES string of the molecule is CC1(NCC2Cc3ccccc3N2)CCOCC1. The zero-order chi connectivity index (χ0) is 12.4. The Morgan fingerprint density at radius 3 is 2.89 bits per heavy atom. The molecule has 1 fully saturated rings. The first-order chi connectivity index (χ1) is 8.75. The van der Waals surface area contributed by atoms with Gasteiger partial charge in [0, 0.05) is 37.0 Å². The van der Waals surface area contributed by atoms with Crippen LogP contribution in [0.4, 0.5) is 5.69 Å². The van der Waals surface area contributed by atoms with Crippen LogP contribution in [-0.2, 0) is 11.2 Å². The van der Waals surface area contributed by atoms with Gasteiger partial charge >= 0.3 is 0 Å². The van der Waals surface area contributed by atoms with Gasteiger partial charge in [0.15, 0.2) is 0 Å². The number of hydrogen-bond acceptors (Lipinski definition) is 3. The second kappa shape index (κ2) is 4.90. The van der Waals surface area contributed by atoms with Crippen molar-refractivity contribution in [3.8, 4) is 0 Å². The van der Waals surface area contributed by atoms with E-state index in [0.717, 1.165) is 39.0 Å². The Kier molecular flexibility index (Phi) is 3.27. The Morgan fingerprint density at radius 2 is 2.11 bits per heavy atom. The van der Waals surface area contributed by atoms with Gasteiger partial charge < -0.3 is 15.4 Å². The standard InChI is InChI=1S/C15H22N2O/c1-15(6-8-18-9-7-15)16-11-13-10-12-4-2-3-5-14(12)17-13/h2-5,13,16-17H,6-11H2,1H3. The minimum atomic E-state index is 0.259. The predicted octanol–water partition coefficient (Wildman–Crippen LogP) is 2.18. The highest BCUT2D eigenvalue weighted by atomic mass is 16.5. The maximum atomic E-state index is 5.43. The largest absolute Gasteiger partial charge is 0.381 e. The fourth-order valence-corrected chi connectivity index (χ4v) is 2.87. The molecular formula is C15H22N2O. The molecule has 1 atom stereocenters. The number of anilines is 1. The van der Waals surface area contributed by atoms with E-state index < -0.39 is 0 Å². The number of fused-ring (bicyclic) bond motifs is 1. The van der Waals surface area contributed by atoms with Crippen LogP contribution in [0.2, 0.25) is 0 Å². The van der Waals surface area contributed by atoms with Crippen molar-refractivity contribution in [1.82, 2.24) is 5.32 Å². The lowest BCUT2D eigenvalue weighted by molar-refractivity contribution is 0.0451. The first kappa shape index (κ1) is 12.0. The van der Waals surface area contributed by atoms with Crippen molar-refractivity contribution in [2.24, 2.45) is 0 Å². The molecule has 2 N–H and O–H groups in total. The van der Waals surface area contributed by atoms with Crippen LogP contribution in [-0.4, -0.2) is 31.3 Å². The predicted molar refractivity (Wildman–Crippen MR) is 74.0 cm³/mol. The van der Waals surface area contributed by atoms with Gasteiger partial charge in [-0.2, -0.15) is 0 Å². The Bertz CT molecular complexity index is 388. The maximum absolute atomic E-state index is 5.43. The van der Waals surface area contributed by atoms with Crippen LogP contribution in [0.1, 0.15) is 25.3 Å². The van der Waals surface area contributed by atoms with Crippen LogP contribution < -0.4 is 10.6 Å². The lowest BCUT2D eigenvalue weighted by Crippen LogP contribution is -2.50. The topological polar surface area (TPSA) is 33.3 Å². The summed E-state index contributed by atoms with van der Waals surface area (Å²) in [6.07, 6.45) is 3.37. The molecule has 0 radical (unpaired) electrons. The van der Waals surface area contributed by atoms with E-state index in [9.17, 15) is 0 Å². The third kappa shape index (κ3) is 2.52. The lowest BCUT2D eigenvalue weighted by atomic mass is 9.92. The Labute approximate surface area is 109 Å². The molecule has 3 heteroatoms. The second-order valence-corrected chi connectivity index (χ2v) is 5.76. The first-order valence-electron chi connectivity index (χ1n) is 6.92. The van der Waals surface area contributed by atoms with Crippen molar-refractivity contribution in [3.63, 3.8) is 0 Å². The van der Waals surface area contributed by atoms with Crippen LogP contribution in [0.15, 0.2) is 24.3 Å². The van der Waals surface area contributed by atoms with E-state index in [1.807, 2.05) is 0 Å². The van der Waals surface area contributed by atoms with Crippen LogP contribution in [0.5, 0.6) is 0 Å². The van der Waals surface area contributed by atoms with E-state index in [-0.39, 0.29) is 5.54 Å². The monoisotopic (exact) mass is 246 g/mol. The summed E-state index contributed by atoms with van der Waals surface area (Å²) < 4.78 is 5.43. The number of nitrogens with one attached hydrogen (secondary N) is 2. The molecule has 0 aliphatic carbocycles. The third-order valence-electron chi connectivity index (χ3n) is 4.21. The van der Waals surface area contributed by atoms with E-state index in [2.05, 4.69) is 41.8 Å². The fraction of sp³-hybridized carbons (Fsp3) is 0.600. The van der Waals surface area contributed by atoms with Crippen molar-refractivity contribution >= 4 is 5.69 Å². The maximum Gasteiger partial charge on any atom is 0.0483 e. The van der Waals surface area contributed by atoms with E-state index in [1.165, 1.54) is 11.3 Å². The quantitative estimate of drug-likeness (QED) is 0.857. The van der Waals surface area contributed by atoms with Crippen molar-refractivity contribution in [3.05, 3.63) is 29.8 Å². The summed E-state index contributed by atoms with van der Waals surface area (Å²) >= 11 is 0. The molecule has 2 aliphatic rings. The van der Waals surface area contributed by atoms with Gasteiger partial charge in [-0.25, -0.2) is 0 Å². The van der Waals surface area contributed by atoms with E-state index >= 15 is 0 Å². The highest BCUT2D eigenvalue weighted by Gasteiger charge is 2.28. The number of benzene rings is 1. The minimum Gasteiger partial charge on any atom is -0.381 e. The van der Waals surface area contributed by atoms with Gasteiger partial charge in [-0.1, -0.05) is 18.2 Å². The summed E-state index contributed by atoms with van der Waals surface area (Å²) in [7, 11) is 0. The molecule has 1 unspecified atom stereocenters. The molecule has 1 saturated heterocycles. The molecule has 0 spiro atoms. The molecule has 1 aromatic carbocycles. The molecule has 0 aromatic heterocycles. The summed E-state index contributed by atoms with van der Waals surface area (Å²) in [5.74, 6) is 0. The Balaban J connectivity index is 1.53. The smallest absolute Gasteiger partial charge is 0.0483 e. The van der Waals surface area contributed by atoms with Crippen molar-refractivity contribution in [2.75, 3.05) is 25.1 Å². The van der Waals surface area contributed by atoms with Gasteiger partial charge in [0.25, 0.3) is 0 Å². The van der Waals surface area contributed by atoms with Gasteiger partial charge in [0.05, 0.1) is 0 Å². The van der Waals surface area contributed by atoms with Crippen LogP contribution in [0.25, 0.3) is 0 Å². The highest BCUT2D eigenvalue weighted by molar-refractivity contribution is 5.56. The third-order valence-corrected chi connectivity index (χ3v) is 4.21. The molecule has 18 heavy (non-hydrogen) atoms. The zero-order valence-electron chi connectivity index (χ0n) is 11.0. The van der Waals surface area contributed by atoms with Crippen LogP contribution in [0.3, 0.4) is 0 Å². The fourth-order valence-electron chi connectivity index (χ4n) is 2.87. The molecule has 3 nitrogen and oxygen atoms in total. The second-order valence-electron chi connectivity index (χ2n) is 5.76. The average molecular weight is 246 g/mol. The normalized spacial score (nSPS) is 25.5. The summed E-state index contributed by atoms with van der Waals surface area (Å²) in [4.78, 5) is 0. The summed E-state index contributed by atoms with van der Waals surface area (Å²) in [6, 6.07) is 9.14. The number of rotatable bonds is 3. The molecular weight excluding hydrogens is 224 g/mol. The van der Waals surface area contributed by atoms with Gasteiger partial charge in [-0.3, -0.25) is 0 Å².